The Balaban J connectivity index is 2.82. The summed E-state index contributed by atoms with van der Waals surface area (Å²) in [5, 5.41) is 9.09. The summed E-state index contributed by atoms with van der Waals surface area (Å²) < 4.78 is 26.3. The number of nitrogens with zero attached hydrogens (tertiary/aromatic N) is 1. The largest absolute Gasteiger partial charge is 0.481 e. The predicted octanol–water partition coefficient (Wildman–Crippen LogP) is 1.10. The first-order valence-electron chi connectivity index (χ1n) is 5.70. The van der Waals surface area contributed by atoms with E-state index in [9.17, 15) is 13.2 Å². The second-order valence-corrected chi connectivity index (χ2v) is 7.05. The van der Waals surface area contributed by atoms with Crippen LogP contribution in [0.15, 0.2) is 17.2 Å². The minimum Gasteiger partial charge on any atom is -0.481 e. The molecule has 1 heterocycles. The van der Waals surface area contributed by atoms with E-state index in [2.05, 4.69) is 9.71 Å². The number of nitrogens with two attached hydrogens (primary N) is 1. The first-order chi connectivity index (χ1) is 9.06. The second kappa shape index (κ2) is 5.94. The van der Waals surface area contributed by atoms with Crippen molar-refractivity contribution in [1.29, 1.82) is 0 Å². The fraction of sp³-hybridized carbons (Fsp3) is 0.455. The van der Waals surface area contributed by atoms with Gasteiger partial charge in [0.1, 0.15) is 10.7 Å². The molecule has 0 bridgehead atoms. The third-order valence-corrected chi connectivity index (χ3v) is 4.46. The van der Waals surface area contributed by atoms with E-state index in [1.54, 1.807) is 0 Å². The number of hydrogen-bond acceptors (Lipinski definition) is 5. The number of pyridine rings is 1. The lowest BCUT2D eigenvalue weighted by atomic mass is 9.90. The van der Waals surface area contributed by atoms with Gasteiger partial charge in [-0.2, -0.15) is 0 Å². The van der Waals surface area contributed by atoms with Crippen molar-refractivity contribution in [3.63, 3.8) is 0 Å². The zero-order chi connectivity index (χ0) is 15.6. The topological polar surface area (TPSA) is 122 Å². The van der Waals surface area contributed by atoms with Crippen LogP contribution in [0.1, 0.15) is 20.3 Å². The quantitative estimate of drug-likeness (QED) is 0.721. The molecule has 0 spiro atoms. The molecule has 0 aliphatic rings. The van der Waals surface area contributed by atoms with Crippen LogP contribution in [0.5, 0.6) is 0 Å². The van der Waals surface area contributed by atoms with E-state index in [1.807, 2.05) is 0 Å². The fourth-order valence-corrected chi connectivity index (χ4v) is 2.69. The summed E-state index contributed by atoms with van der Waals surface area (Å²) in [6.07, 6.45) is 1.37. The molecular formula is C11H16ClN3O4S. The van der Waals surface area contributed by atoms with E-state index in [4.69, 9.17) is 22.4 Å². The molecule has 0 saturated carbocycles. The zero-order valence-corrected chi connectivity index (χ0v) is 12.6. The standard InChI is InChI=1S/C11H16ClN3O4S/c1-11(2,10(16)17)3-4-15-20(18,19)8-5-7(12)6-14-9(8)13/h5-6,15H,3-4H2,1-2H3,(H2,13,14)(H,16,17). The van der Waals surface area contributed by atoms with Gasteiger partial charge in [-0.25, -0.2) is 18.1 Å². The summed E-state index contributed by atoms with van der Waals surface area (Å²) in [4.78, 5) is 14.4. The summed E-state index contributed by atoms with van der Waals surface area (Å²) in [5.41, 5.74) is 4.47. The van der Waals surface area contributed by atoms with Gasteiger partial charge in [-0.15, -0.1) is 0 Å². The molecule has 0 aliphatic heterocycles. The third kappa shape index (κ3) is 4.06. The highest BCUT2D eigenvalue weighted by molar-refractivity contribution is 7.89. The van der Waals surface area contributed by atoms with Crippen molar-refractivity contribution in [3.8, 4) is 0 Å². The molecule has 112 valence electrons. The number of carboxylic acid groups (broad SMARTS) is 1. The van der Waals surface area contributed by atoms with E-state index >= 15 is 0 Å². The summed E-state index contributed by atoms with van der Waals surface area (Å²) in [7, 11) is -3.88. The van der Waals surface area contributed by atoms with E-state index < -0.39 is 21.4 Å². The number of sulfonamides is 1. The Labute approximate surface area is 122 Å². The van der Waals surface area contributed by atoms with Crippen LogP contribution in [0.3, 0.4) is 0 Å². The number of carboxylic acids is 1. The molecule has 20 heavy (non-hydrogen) atoms. The van der Waals surface area contributed by atoms with Gasteiger partial charge in [0.2, 0.25) is 10.0 Å². The normalized spacial score (nSPS) is 12.3. The van der Waals surface area contributed by atoms with Crippen LogP contribution < -0.4 is 10.5 Å². The third-order valence-electron chi connectivity index (χ3n) is 2.76. The Morgan fingerprint density at radius 3 is 2.70 bits per heavy atom. The van der Waals surface area contributed by atoms with Crippen molar-refractivity contribution in [2.45, 2.75) is 25.2 Å². The van der Waals surface area contributed by atoms with Crippen LogP contribution in [-0.2, 0) is 14.8 Å². The predicted molar refractivity (Wildman–Crippen MR) is 74.9 cm³/mol. The minimum absolute atomic E-state index is 0.0341. The molecule has 0 saturated heterocycles. The van der Waals surface area contributed by atoms with Crippen LogP contribution in [0.4, 0.5) is 5.82 Å². The van der Waals surface area contributed by atoms with Gasteiger partial charge in [-0.1, -0.05) is 11.6 Å². The van der Waals surface area contributed by atoms with Crippen molar-refractivity contribution in [2.75, 3.05) is 12.3 Å². The molecule has 1 aromatic rings. The number of aromatic nitrogens is 1. The molecule has 0 unspecified atom stereocenters. The van der Waals surface area contributed by atoms with E-state index in [1.165, 1.54) is 26.1 Å². The highest BCUT2D eigenvalue weighted by Crippen LogP contribution is 2.22. The maximum absolute atomic E-state index is 12.0. The smallest absolute Gasteiger partial charge is 0.309 e. The molecule has 0 aromatic carbocycles. The SMILES string of the molecule is CC(C)(CCNS(=O)(=O)c1cc(Cl)cnc1N)C(=O)O. The highest BCUT2D eigenvalue weighted by atomic mass is 35.5. The lowest BCUT2D eigenvalue weighted by Crippen LogP contribution is -2.32. The van der Waals surface area contributed by atoms with Crippen molar-refractivity contribution < 1.29 is 18.3 Å². The van der Waals surface area contributed by atoms with Gasteiger partial charge in [-0.3, -0.25) is 4.79 Å². The number of halogens is 1. The Hall–Kier alpha value is -1.38. The first kappa shape index (κ1) is 16.7. The van der Waals surface area contributed by atoms with Crippen LogP contribution in [0, 0.1) is 5.41 Å². The molecule has 7 nitrogen and oxygen atoms in total. The summed E-state index contributed by atoms with van der Waals surface area (Å²) in [6.45, 7) is 2.99. The van der Waals surface area contributed by atoms with E-state index in [0.717, 1.165) is 0 Å². The van der Waals surface area contributed by atoms with Crippen LogP contribution in [0.2, 0.25) is 5.02 Å². The Bertz CT molecular complexity index is 616. The maximum Gasteiger partial charge on any atom is 0.309 e. The molecule has 0 radical (unpaired) electrons. The zero-order valence-electron chi connectivity index (χ0n) is 11.1. The van der Waals surface area contributed by atoms with Gasteiger partial charge in [-0.05, 0) is 26.3 Å². The second-order valence-electron chi connectivity index (χ2n) is 4.87. The molecule has 0 amide bonds. The van der Waals surface area contributed by atoms with Crippen LogP contribution in [-0.4, -0.2) is 31.0 Å². The molecule has 1 aromatic heterocycles. The summed E-state index contributed by atoms with van der Waals surface area (Å²) in [6, 6.07) is 1.19. The van der Waals surface area contributed by atoms with Gasteiger partial charge in [0.15, 0.2) is 0 Å². The first-order valence-corrected chi connectivity index (χ1v) is 7.56. The van der Waals surface area contributed by atoms with E-state index in [-0.39, 0.29) is 28.7 Å². The molecule has 9 heteroatoms. The van der Waals surface area contributed by atoms with Crippen molar-refractivity contribution >= 4 is 33.4 Å². The molecule has 1 rings (SSSR count). The number of nitrogens with one attached hydrogen (secondary N) is 1. The van der Waals surface area contributed by atoms with Crippen molar-refractivity contribution in [1.82, 2.24) is 9.71 Å². The number of nitrogen functional groups attached to an aromatic ring is 1. The summed E-state index contributed by atoms with van der Waals surface area (Å²) >= 11 is 5.68. The van der Waals surface area contributed by atoms with Gasteiger partial charge in [0.05, 0.1) is 10.4 Å². The fourth-order valence-electron chi connectivity index (χ4n) is 1.33. The number of anilines is 1. The molecular weight excluding hydrogens is 306 g/mol. The van der Waals surface area contributed by atoms with Crippen LogP contribution >= 0.6 is 11.6 Å². The minimum atomic E-state index is -3.88. The lowest BCUT2D eigenvalue weighted by Gasteiger charge is -2.19. The van der Waals surface area contributed by atoms with Crippen LogP contribution in [0.25, 0.3) is 0 Å². The summed E-state index contributed by atoms with van der Waals surface area (Å²) in [5.74, 6) is -1.17. The molecule has 0 atom stereocenters. The van der Waals surface area contributed by atoms with Gasteiger partial charge < -0.3 is 10.8 Å². The Kier molecular flexibility index (Phi) is 4.95. The monoisotopic (exact) mass is 321 g/mol. The molecule has 4 N–H and O–H groups in total. The molecule has 0 aliphatic carbocycles. The Morgan fingerprint density at radius 1 is 1.55 bits per heavy atom. The Morgan fingerprint density at radius 2 is 2.15 bits per heavy atom. The van der Waals surface area contributed by atoms with Gasteiger partial charge >= 0.3 is 5.97 Å². The average molecular weight is 322 g/mol. The van der Waals surface area contributed by atoms with E-state index in [0.29, 0.717) is 0 Å². The van der Waals surface area contributed by atoms with Gasteiger partial charge in [0.25, 0.3) is 0 Å². The number of carbonyl (C=O) groups is 1. The number of aliphatic carboxylic acids is 1. The molecule has 0 fully saturated rings. The highest BCUT2D eigenvalue weighted by Gasteiger charge is 2.27. The lowest BCUT2D eigenvalue weighted by molar-refractivity contribution is -0.147. The number of rotatable bonds is 6. The number of hydrogen-bond donors (Lipinski definition) is 3. The average Bonchev–Trinajstić information content (AvgIpc) is 2.31. The van der Waals surface area contributed by atoms with Crippen molar-refractivity contribution in [2.24, 2.45) is 5.41 Å². The maximum atomic E-state index is 12.0. The van der Waals surface area contributed by atoms with Crippen molar-refractivity contribution in [3.05, 3.63) is 17.3 Å². The van der Waals surface area contributed by atoms with Gasteiger partial charge in [0, 0.05) is 12.7 Å².